The van der Waals surface area contributed by atoms with Crippen LogP contribution in [0.1, 0.15) is 0 Å². The van der Waals surface area contributed by atoms with Crippen LogP contribution < -0.4 is 0 Å². The second-order valence-electron chi connectivity index (χ2n) is 12.8. The minimum atomic E-state index is 1.26. The highest BCUT2D eigenvalue weighted by Crippen LogP contribution is 2.48. The van der Waals surface area contributed by atoms with Crippen LogP contribution in [-0.4, -0.2) is 0 Å². The van der Waals surface area contributed by atoms with Crippen molar-refractivity contribution in [2.24, 2.45) is 0 Å². The van der Waals surface area contributed by atoms with Gasteiger partial charge in [0.2, 0.25) is 0 Å². The van der Waals surface area contributed by atoms with Crippen molar-refractivity contribution in [3.05, 3.63) is 182 Å². The molecule has 0 saturated carbocycles. The van der Waals surface area contributed by atoms with E-state index in [1.54, 1.807) is 0 Å². The molecule has 0 amide bonds. The largest absolute Gasteiger partial charge is 0.0616 e. The average Bonchev–Trinajstić information content (AvgIpc) is 3.16. The van der Waals surface area contributed by atoms with E-state index >= 15 is 0 Å². The lowest BCUT2D eigenvalue weighted by Gasteiger charge is -2.20. The first-order valence-electron chi connectivity index (χ1n) is 16.7. The number of hydrogen-bond donors (Lipinski definition) is 0. The van der Waals surface area contributed by atoms with Crippen LogP contribution in [0.25, 0.3) is 98.0 Å². The molecule has 0 nitrogen and oxygen atoms in total. The molecule has 0 aromatic heterocycles. The van der Waals surface area contributed by atoms with Crippen LogP contribution in [0.3, 0.4) is 0 Å². The minimum absolute atomic E-state index is 1.26. The fraction of sp³-hybridized carbons (Fsp3) is 0. The van der Waals surface area contributed by atoms with Crippen LogP contribution in [0.15, 0.2) is 182 Å². The zero-order valence-corrected chi connectivity index (χ0v) is 26.3. The van der Waals surface area contributed by atoms with Gasteiger partial charge >= 0.3 is 0 Å². The van der Waals surface area contributed by atoms with Gasteiger partial charge in [0.05, 0.1) is 0 Å². The molecule has 10 aromatic rings. The van der Waals surface area contributed by atoms with Gasteiger partial charge in [0.25, 0.3) is 0 Å². The predicted molar refractivity (Wildman–Crippen MR) is 208 cm³/mol. The second kappa shape index (κ2) is 10.7. The van der Waals surface area contributed by atoms with Crippen molar-refractivity contribution in [3.8, 4) is 33.4 Å². The Labute approximate surface area is 279 Å². The van der Waals surface area contributed by atoms with Crippen LogP contribution in [0.2, 0.25) is 0 Å². The maximum atomic E-state index is 2.38. The lowest BCUT2D eigenvalue weighted by molar-refractivity contribution is 1.67. The van der Waals surface area contributed by atoms with E-state index in [-0.39, 0.29) is 0 Å². The van der Waals surface area contributed by atoms with Crippen molar-refractivity contribution < 1.29 is 0 Å². The molecule has 10 rings (SSSR count). The molecule has 0 fully saturated rings. The highest BCUT2D eigenvalue weighted by molar-refractivity contribution is 6.26. The van der Waals surface area contributed by atoms with Gasteiger partial charge < -0.3 is 0 Å². The summed E-state index contributed by atoms with van der Waals surface area (Å²) in [7, 11) is 0. The summed E-state index contributed by atoms with van der Waals surface area (Å²) < 4.78 is 0. The van der Waals surface area contributed by atoms with Gasteiger partial charge in [-0.25, -0.2) is 0 Å². The standard InChI is InChI=1S/C48H30/c1-3-17-33-31(14-1)16-13-27-40(33)47-41-23-9-11-25-43(41)48(44-26-12-10-24-42(44)47)45-29-28-39(36-20-6-7-21-37(36)45)46-30-32-15-2-4-18-34(32)35-19-5-8-22-38(35)46/h1-30H. The summed E-state index contributed by atoms with van der Waals surface area (Å²) in [5, 5.41) is 15.3. The van der Waals surface area contributed by atoms with Crippen molar-refractivity contribution in [1.82, 2.24) is 0 Å². The number of rotatable bonds is 3. The summed E-state index contributed by atoms with van der Waals surface area (Å²) in [4.78, 5) is 0. The zero-order valence-electron chi connectivity index (χ0n) is 26.3. The van der Waals surface area contributed by atoms with Crippen LogP contribution in [0.4, 0.5) is 0 Å². The SMILES string of the molecule is c1ccc2c(-c3c4ccccc4c(-c4ccc(-c5cc6ccccc6c6ccccc56)c5ccccc45)c4ccccc34)cccc2c1. The lowest BCUT2D eigenvalue weighted by atomic mass is 9.82. The number of fused-ring (bicyclic) bond motifs is 7. The average molecular weight is 607 g/mol. The van der Waals surface area contributed by atoms with Gasteiger partial charge in [0, 0.05) is 0 Å². The molecule has 0 saturated heterocycles. The molecule has 0 atom stereocenters. The van der Waals surface area contributed by atoms with Crippen LogP contribution in [-0.2, 0) is 0 Å². The highest BCUT2D eigenvalue weighted by atomic mass is 14.2. The van der Waals surface area contributed by atoms with Gasteiger partial charge in [-0.3, -0.25) is 0 Å². The Morgan fingerprint density at radius 1 is 0.188 bits per heavy atom. The number of hydrogen-bond acceptors (Lipinski definition) is 0. The normalized spacial score (nSPS) is 11.8. The topological polar surface area (TPSA) is 0 Å². The van der Waals surface area contributed by atoms with Crippen molar-refractivity contribution in [1.29, 1.82) is 0 Å². The summed E-state index contributed by atoms with van der Waals surface area (Å²) >= 11 is 0. The quantitative estimate of drug-likeness (QED) is 0.139. The van der Waals surface area contributed by atoms with Crippen LogP contribution in [0.5, 0.6) is 0 Å². The maximum absolute atomic E-state index is 2.38. The molecular weight excluding hydrogens is 577 g/mol. The lowest BCUT2D eigenvalue weighted by Crippen LogP contribution is -1.93. The Morgan fingerprint density at radius 2 is 0.562 bits per heavy atom. The highest BCUT2D eigenvalue weighted by Gasteiger charge is 2.20. The van der Waals surface area contributed by atoms with Crippen molar-refractivity contribution in [2.75, 3.05) is 0 Å². The van der Waals surface area contributed by atoms with E-state index in [4.69, 9.17) is 0 Å². The predicted octanol–water partition coefficient (Wildman–Crippen LogP) is 13.6. The van der Waals surface area contributed by atoms with Crippen LogP contribution in [0, 0.1) is 0 Å². The number of benzene rings is 10. The fourth-order valence-corrected chi connectivity index (χ4v) is 8.18. The van der Waals surface area contributed by atoms with Gasteiger partial charge in [-0.1, -0.05) is 176 Å². The first kappa shape index (κ1) is 26.9. The van der Waals surface area contributed by atoms with Gasteiger partial charge in [-0.05, 0) is 104 Å². The molecule has 10 aromatic carbocycles. The first-order valence-corrected chi connectivity index (χ1v) is 16.7. The van der Waals surface area contributed by atoms with E-state index in [0.717, 1.165) is 0 Å². The summed E-state index contributed by atoms with van der Waals surface area (Å²) in [6.45, 7) is 0. The Bertz CT molecular complexity index is 2830. The second-order valence-corrected chi connectivity index (χ2v) is 12.8. The van der Waals surface area contributed by atoms with Crippen molar-refractivity contribution >= 4 is 64.6 Å². The first-order chi connectivity index (χ1) is 23.8. The Balaban J connectivity index is 1.30. The molecule has 0 radical (unpaired) electrons. The van der Waals surface area contributed by atoms with E-state index in [9.17, 15) is 0 Å². The van der Waals surface area contributed by atoms with E-state index < -0.39 is 0 Å². The third-order valence-electron chi connectivity index (χ3n) is 10.2. The molecule has 222 valence electrons. The maximum Gasteiger partial charge on any atom is -0.00201 e. The Morgan fingerprint density at radius 3 is 1.17 bits per heavy atom. The van der Waals surface area contributed by atoms with Crippen LogP contribution >= 0.6 is 0 Å². The third-order valence-corrected chi connectivity index (χ3v) is 10.2. The molecule has 0 unspecified atom stereocenters. The van der Waals surface area contributed by atoms with Crippen molar-refractivity contribution in [3.63, 3.8) is 0 Å². The summed E-state index contributed by atoms with van der Waals surface area (Å²) in [6, 6.07) is 67.1. The fourth-order valence-electron chi connectivity index (χ4n) is 8.18. The van der Waals surface area contributed by atoms with Crippen molar-refractivity contribution in [2.45, 2.75) is 0 Å². The molecule has 0 spiro atoms. The summed E-state index contributed by atoms with van der Waals surface area (Å²) in [5.74, 6) is 0. The van der Waals surface area contributed by atoms with Gasteiger partial charge in [-0.2, -0.15) is 0 Å². The summed E-state index contributed by atoms with van der Waals surface area (Å²) in [5.41, 5.74) is 7.65. The molecule has 48 heavy (non-hydrogen) atoms. The minimum Gasteiger partial charge on any atom is -0.0616 e. The molecule has 0 heteroatoms. The molecule has 0 bridgehead atoms. The molecular formula is C48H30. The van der Waals surface area contributed by atoms with Gasteiger partial charge in [-0.15, -0.1) is 0 Å². The van der Waals surface area contributed by atoms with E-state index in [0.29, 0.717) is 0 Å². The molecule has 0 heterocycles. The van der Waals surface area contributed by atoms with Gasteiger partial charge in [0.15, 0.2) is 0 Å². The molecule has 0 aliphatic heterocycles. The molecule has 0 aliphatic carbocycles. The summed E-state index contributed by atoms with van der Waals surface area (Å²) in [6.07, 6.45) is 0. The smallest absolute Gasteiger partial charge is 0.00201 e. The van der Waals surface area contributed by atoms with Gasteiger partial charge in [0.1, 0.15) is 0 Å². The molecule has 0 aliphatic rings. The monoisotopic (exact) mass is 606 g/mol. The third kappa shape index (κ3) is 3.96. The van der Waals surface area contributed by atoms with E-state index in [2.05, 4.69) is 182 Å². The van der Waals surface area contributed by atoms with E-state index in [1.165, 1.54) is 98.0 Å². The zero-order chi connectivity index (χ0) is 31.6. The Kier molecular flexibility index (Phi) is 5.98. The molecule has 0 N–H and O–H groups in total. The van der Waals surface area contributed by atoms with E-state index in [1.807, 2.05) is 0 Å². The Hall–Kier alpha value is -6.24.